The number of piperidine rings is 1. The van der Waals surface area contributed by atoms with Gasteiger partial charge in [0.1, 0.15) is 12.4 Å². The number of hydrogen-bond acceptors (Lipinski definition) is 4. The third kappa shape index (κ3) is 2.65. The molecule has 1 aromatic heterocycles. The van der Waals surface area contributed by atoms with Crippen molar-refractivity contribution in [1.82, 2.24) is 19.8 Å². The number of fused-ring (bicyclic) bond motifs is 3. The number of rotatable bonds is 1. The van der Waals surface area contributed by atoms with Crippen LogP contribution < -0.4 is 4.74 Å². The average molecular weight is 366 g/mol. The summed E-state index contributed by atoms with van der Waals surface area (Å²) in [5.41, 5.74) is 3.58. The molecule has 142 valence electrons. The van der Waals surface area contributed by atoms with Crippen LogP contribution in [0.25, 0.3) is 0 Å². The van der Waals surface area contributed by atoms with Gasteiger partial charge in [-0.25, -0.2) is 4.98 Å². The van der Waals surface area contributed by atoms with Crippen LogP contribution >= 0.6 is 0 Å². The number of H-pyrrole nitrogens is 1. The fourth-order valence-electron chi connectivity index (χ4n) is 5.05. The van der Waals surface area contributed by atoms with Crippen molar-refractivity contribution in [2.75, 3.05) is 33.3 Å². The molecule has 1 atom stereocenters. The zero-order valence-corrected chi connectivity index (χ0v) is 15.8. The molecule has 1 unspecified atom stereocenters. The van der Waals surface area contributed by atoms with E-state index in [0.29, 0.717) is 6.61 Å². The third-order valence-corrected chi connectivity index (χ3v) is 6.72. The van der Waals surface area contributed by atoms with E-state index in [2.05, 4.69) is 28.0 Å². The number of amides is 1. The molecule has 6 nitrogen and oxygen atoms in total. The smallest absolute Gasteiger partial charge is 0.229 e. The van der Waals surface area contributed by atoms with Crippen LogP contribution in [0.3, 0.4) is 0 Å². The second-order valence-corrected chi connectivity index (χ2v) is 8.08. The Balaban J connectivity index is 1.30. The van der Waals surface area contributed by atoms with Gasteiger partial charge in [-0.15, -0.1) is 0 Å². The molecule has 1 amide bonds. The zero-order valence-electron chi connectivity index (χ0n) is 15.8. The van der Waals surface area contributed by atoms with Crippen molar-refractivity contribution in [2.45, 2.75) is 31.2 Å². The summed E-state index contributed by atoms with van der Waals surface area (Å²) in [5, 5.41) is 0. The van der Waals surface area contributed by atoms with Crippen LogP contribution in [0.15, 0.2) is 30.6 Å². The minimum absolute atomic E-state index is 0.0278. The van der Waals surface area contributed by atoms with Crippen LogP contribution in [0.2, 0.25) is 0 Å². The molecule has 0 saturated carbocycles. The van der Waals surface area contributed by atoms with Gasteiger partial charge in [0.2, 0.25) is 5.91 Å². The first-order chi connectivity index (χ1) is 13.2. The lowest BCUT2D eigenvalue weighted by molar-refractivity contribution is -0.140. The number of carbonyl (C=O) groups excluding carboxylic acids is 1. The van der Waals surface area contributed by atoms with Gasteiger partial charge in [-0.2, -0.15) is 0 Å². The van der Waals surface area contributed by atoms with Gasteiger partial charge in [-0.1, -0.05) is 18.2 Å². The highest BCUT2D eigenvalue weighted by Crippen LogP contribution is 2.41. The molecular weight excluding hydrogens is 340 g/mol. The van der Waals surface area contributed by atoms with Crippen molar-refractivity contribution in [2.24, 2.45) is 5.92 Å². The lowest BCUT2D eigenvalue weighted by atomic mass is 9.79. The Hall–Kier alpha value is -2.34. The highest BCUT2D eigenvalue weighted by atomic mass is 16.5. The minimum Gasteiger partial charge on any atom is -0.492 e. The van der Waals surface area contributed by atoms with Crippen molar-refractivity contribution in [3.63, 3.8) is 0 Å². The molecule has 0 radical (unpaired) electrons. The third-order valence-electron chi connectivity index (χ3n) is 6.72. The first-order valence-corrected chi connectivity index (χ1v) is 9.91. The lowest BCUT2D eigenvalue weighted by Crippen LogP contribution is -2.56. The van der Waals surface area contributed by atoms with Gasteiger partial charge >= 0.3 is 0 Å². The summed E-state index contributed by atoms with van der Waals surface area (Å²) in [6.45, 7) is 3.10. The predicted octanol–water partition coefficient (Wildman–Crippen LogP) is 1.97. The number of para-hydroxylation sites is 1. The first-order valence-electron chi connectivity index (χ1n) is 9.91. The predicted molar refractivity (Wildman–Crippen MR) is 102 cm³/mol. The van der Waals surface area contributed by atoms with Gasteiger partial charge in [-0.3, -0.25) is 9.69 Å². The topological polar surface area (TPSA) is 61.5 Å². The fourth-order valence-corrected chi connectivity index (χ4v) is 5.05. The van der Waals surface area contributed by atoms with E-state index in [1.54, 1.807) is 0 Å². The largest absolute Gasteiger partial charge is 0.492 e. The molecule has 27 heavy (non-hydrogen) atoms. The quantitative estimate of drug-likeness (QED) is 0.838. The van der Waals surface area contributed by atoms with Crippen LogP contribution in [0, 0.1) is 5.92 Å². The zero-order chi connectivity index (χ0) is 18.4. The summed E-state index contributed by atoms with van der Waals surface area (Å²) in [6.07, 6.45) is 5.50. The maximum Gasteiger partial charge on any atom is 0.229 e. The number of carbonyl (C=O) groups is 1. The van der Waals surface area contributed by atoms with Crippen molar-refractivity contribution in [3.8, 4) is 5.75 Å². The van der Waals surface area contributed by atoms with Gasteiger partial charge in [0.15, 0.2) is 0 Å². The molecule has 1 aromatic carbocycles. The number of benzene rings is 1. The number of ether oxygens (including phenoxy) is 1. The Morgan fingerprint density at radius 2 is 2.07 bits per heavy atom. The Kier molecular flexibility index (Phi) is 3.97. The summed E-state index contributed by atoms with van der Waals surface area (Å²) in [7, 11) is 2.20. The van der Waals surface area contributed by atoms with E-state index in [4.69, 9.17) is 4.74 Å². The molecule has 4 heterocycles. The van der Waals surface area contributed by atoms with E-state index in [9.17, 15) is 4.79 Å². The number of aromatic amines is 1. The SMILES string of the molecule is CN1CCc2[nH]cnc2C12CCN(C(=O)C1COc3ccccc3C1)CC2. The molecule has 1 spiro atoms. The van der Waals surface area contributed by atoms with Gasteiger partial charge < -0.3 is 14.6 Å². The fraction of sp³-hybridized carbons (Fsp3) is 0.524. The number of imidazole rings is 1. The normalized spacial score (nSPS) is 24.2. The monoisotopic (exact) mass is 366 g/mol. The molecule has 0 aliphatic carbocycles. The van der Waals surface area contributed by atoms with E-state index in [0.717, 1.165) is 56.6 Å². The van der Waals surface area contributed by atoms with Crippen molar-refractivity contribution < 1.29 is 9.53 Å². The lowest BCUT2D eigenvalue weighted by Gasteiger charge is -2.49. The van der Waals surface area contributed by atoms with Gasteiger partial charge in [0.05, 0.1) is 23.5 Å². The molecule has 1 saturated heterocycles. The Labute approximate surface area is 159 Å². The van der Waals surface area contributed by atoms with E-state index >= 15 is 0 Å². The Bertz CT molecular complexity index is 853. The molecule has 1 N–H and O–H groups in total. The molecular formula is C21H26N4O2. The Morgan fingerprint density at radius 3 is 2.93 bits per heavy atom. The standard InChI is InChI=1S/C21H26N4O2/c1-24-9-6-17-19(23-14-22-17)21(24)7-10-25(11-8-21)20(26)16-12-15-4-2-3-5-18(15)27-13-16/h2-5,14,16H,6-13H2,1H3,(H,22,23). The summed E-state index contributed by atoms with van der Waals surface area (Å²) in [4.78, 5) is 25.6. The highest BCUT2D eigenvalue weighted by molar-refractivity contribution is 5.80. The minimum atomic E-state index is -0.0704. The maximum absolute atomic E-state index is 13.1. The van der Waals surface area contributed by atoms with Crippen LogP contribution in [-0.2, 0) is 23.2 Å². The van der Waals surface area contributed by atoms with Gasteiger partial charge in [0.25, 0.3) is 0 Å². The summed E-state index contributed by atoms with van der Waals surface area (Å²) in [5.74, 6) is 1.09. The molecule has 3 aliphatic rings. The Morgan fingerprint density at radius 1 is 1.26 bits per heavy atom. The van der Waals surface area contributed by atoms with Crippen molar-refractivity contribution >= 4 is 5.91 Å². The summed E-state index contributed by atoms with van der Waals surface area (Å²) >= 11 is 0. The molecule has 0 bridgehead atoms. The average Bonchev–Trinajstić information content (AvgIpc) is 3.20. The number of likely N-dealkylation sites (N-methyl/N-ethyl adjacent to an activating group) is 1. The van der Waals surface area contributed by atoms with Crippen LogP contribution in [0.1, 0.15) is 29.8 Å². The van der Waals surface area contributed by atoms with E-state index in [1.807, 2.05) is 29.4 Å². The van der Waals surface area contributed by atoms with Gasteiger partial charge in [-0.05, 0) is 37.9 Å². The molecule has 5 rings (SSSR count). The van der Waals surface area contributed by atoms with Crippen LogP contribution in [0.4, 0.5) is 0 Å². The summed E-state index contributed by atoms with van der Waals surface area (Å²) < 4.78 is 5.84. The maximum atomic E-state index is 13.1. The number of aromatic nitrogens is 2. The number of nitrogens with one attached hydrogen (secondary N) is 1. The van der Waals surface area contributed by atoms with Crippen LogP contribution in [0.5, 0.6) is 5.75 Å². The first kappa shape index (κ1) is 16.8. The van der Waals surface area contributed by atoms with Crippen molar-refractivity contribution in [1.29, 1.82) is 0 Å². The molecule has 3 aliphatic heterocycles. The number of likely N-dealkylation sites (tertiary alicyclic amines) is 1. The van der Waals surface area contributed by atoms with Gasteiger partial charge in [0, 0.05) is 31.7 Å². The number of hydrogen-bond donors (Lipinski definition) is 1. The van der Waals surface area contributed by atoms with Crippen LogP contribution in [-0.4, -0.2) is 59.0 Å². The molecule has 1 fully saturated rings. The van der Waals surface area contributed by atoms with Crippen molar-refractivity contribution in [3.05, 3.63) is 47.5 Å². The second kappa shape index (κ2) is 6.37. The second-order valence-electron chi connectivity index (χ2n) is 8.08. The molecule has 6 heteroatoms. The number of nitrogens with zero attached hydrogens (tertiary/aromatic N) is 3. The molecule has 2 aromatic rings. The van der Waals surface area contributed by atoms with E-state index < -0.39 is 0 Å². The highest BCUT2D eigenvalue weighted by Gasteiger charge is 2.46. The summed E-state index contributed by atoms with van der Waals surface area (Å²) in [6, 6.07) is 8.05. The van der Waals surface area contributed by atoms with E-state index in [-0.39, 0.29) is 17.4 Å². The van der Waals surface area contributed by atoms with E-state index in [1.165, 1.54) is 11.4 Å².